The third-order valence-corrected chi connectivity index (χ3v) is 8.12. The van der Waals surface area contributed by atoms with Crippen molar-refractivity contribution in [3.05, 3.63) is 18.2 Å². The molecule has 0 aliphatic carbocycles. The van der Waals surface area contributed by atoms with Gasteiger partial charge in [0.15, 0.2) is 0 Å². The van der Waals surface area contributed by atoms with Crippen LogP contribution in [0.1, 0.15) is 13.3 Å². The maximum absolute atomic E-state index is 12.9. The molecule has 1 unspecified atom stereocenters. The van der Waals surface area contributed by atoms with Crippen LogP contribution in [0, 0.1) is 0 Å². The third-order valence-electron chi connectivity index (χ3n) is 4.99. The Kier molecular flexibility index (Phi) is 6.48. The van der Waals surface area contributed by atoms with Gasteiger partial charge in [-0.25, -0.2) is 25.9 Å². The lowest BCUT2D eigenvalue weighted by molar-refractivity contribution is -0.116. The molecule has 10 nitrogen and oxygen atoms in total. The molecule has 1 N–H and O–H groups in total. The number of sulfonamides is 2. The topological polar surface area (TPSA) is 122 Å². The van der Waals surface area contributed by atoms with Crippen LogP contribution in [-0.4, -0.2) is 79.4 Å². The van der Waals surface area contributed by atoms with E-state index < -0.39 is 26.0 Å². The molecular formula is C17H25N3O7S2. The lowest BCUT2D eigenvalue weighted by Gasteiger charge is -2.32. The van der Waals surface area contributed by atoms with E-state index in [1.165, 1.54) is 19.2 Å². The first-order chi connectivity index (χ1) is 13.7. The van der Waals surface area contributed by atoms with Crippen molar-refractivity contribution in [1.82, 2.24) is 9.62 Å². The molecule has 3 rings (SSSR count). The Bertz CT molecular complexity index is 973. The highest BCUT2D eigenvalue weighted by atomic mass is 32.2. The number of carbonyl (C=O) groups is 1. The molecule has 2 aliphatic rings. The Morgan fingerprint density at radius 3 is 2.55 bits per heavy atom. The predicted octanol–water partition coefficient (Wildman–Crippen LogP) is -0.239. The van der Waals surface area contributed by atoms with Crippen molar-refractivity contribution in [2.24, 2.45) is 0 Å². The van der Waals surface area contributed by atoms with Crippen molar-refractivity contribution in [2.45, 2.75) is 24.3 Å². The molecule has 0 saturated carbocycles. The van der Waals surface area contributed by atoms with Crippen LogP contribution in [0.25, 0.3) is 0 Å². The summed E-state index contributed by atoms with van der Waals surface area (Å²) in [7, 11) is -6.49. The van der Waals surface area contributed by atoms with E-state index in [1.807, 2.05) is 6.92 Å². The zero-order valence-electron chi connectivity index (χ0n) is 16.3. The van der Waals surface area contributed by atoms with E-state index in [0.29, 0.717) is 17.5 Å². The Labute approximate surface area is 170 Å². The van der Waals surface area contributed by atoms with Gasteiger partial charge in [0, 0.05) is 32.1 Å². The van der Waals surface area contributed by atoms with Gasteiger partial charge < -0.3 is 9.47 Å². The van der Waals surface area contributed by atoms with Gasteiger partial charge in [0.1, 0.15) is 10.6 Å². The lowest BCUT2D eigenvalue weighted by Crippen LogP contribution is -2.47. The first-order valence-corrected chi connectivity index (χ1v) is 12.3. The fourth-order valence-corrected chi connectivity index (χ4v) is 6.09. The summed E-state index contributed by atoms with van der Waals surface area (Å²) in [4.78, 5) is 13.9. The van der Waals surface area contributed by atoms with Crippen LogP contribution in [0.5, 0.6) is 5.75 Å². The molecule has 0 radical (unpaired) electrons. The highest BCUT2D eigenvalue weighted by molar-refractivity contribution is 7.94. The molecule has 0 aromatic heterocycles. The summed E-state index contributed by atoms with van der Waals surface area (Å²) in [5, 5.41) is 0. The number of benzene rings is 1. The van der Waals surface area contributed by atoms with Gasteiger partial charge in [-0.1, -0.05) is 0 Å². The highest BCUT2D eigenvalue weighted by Gasteiger charge is 2.37. The number of amides is 1. The Hall–Kier alpha value is -1.73. The Balaban J connectivity index is 1.84. The van der Waals surface area contributed by atoms with E-state index in [2.05, 4.69) is 9.62 Å². The van der Waals surface area contributed by atoms with Gasteiger partial charge in [-0.2, -0.15) is 0 Å². The van der Waals surface area contributed by atoms with Crippen molar-refractivity contribution in [3.8, 4) is 5.75 Å². The molecule has 2 fully saturated rings. The van der Waals surface area contributed by atoms with E-state index in [1.54, 1.807) is 0 Å². The van der Waals surface area contributed by atoms with E-state index in [0.717, 1.165) is 19.2 Å². The standard InChI is InChI=1S/C17H25N3O7S2/c1-13(19-6-8-27-9-7-19)12-18-29(24,25)16-11-14(3-4-15(16)26-2)20-17(21)5-10-28(20,22)23/h3-4,11,13,18H,5-10,12H2,1-2H3. The molecule has 1 aromatic rings. The largest absolute Gasteiger partial charge is 0.495 e. The van der Waals surface area contributed by atoms with E-state index >= 15 is 0 Å². The number of nitrogens with zero attached hydrogens (tertiary/aromatic N) is 2. The number of carbonyl (C=O) groups excluding carboxylic acids is 1. The van der Waals surface area contributed by atoms with Crippen LogP contribution in [0.15, 0.2) is 23.1 Å². The summed E-state index contributed by atoms with van der Waals surface area (Å²) >= 11 is 0. The van der Waals surface area contributed by atoms with Crippen LogP contribution in [-0.2, 0) is 29.6 Å². The zero-order chi connectivity index (χ0) is 21.2. The quantitative estimate of drug-likeness (QED) is 0.608. The van der Waals surface area contributed by atoms with Gasteiger partial charge >= 0.3 is 0 Å². The number of ether oxygens (including phenoxy) is 2. The molecule has 0 spiro atoms. The summed E-state index contributed by atoms with van der Waals surface area (Å²) in [6.45, 7) is 4.72. The summed E-state index contributed by atoms with van der Waals surface area (Å²) in [5.41, 5.74) is -0.0186. The summed E-state index contributed by atoms with van der Waals surface area (Å²) in [5.74, 6) is -0.827. The smallest absolute Gasteiger partial charge is 0.244 e. The predicted molar refractivity (Wildman–Crippen MR) is 106 cm³/mol. The normalized spacial score (nSPS) is 21.3. The number of hydrogen-bond donors (Lipinski definition) is 1. The minimum atomic E-state index is -4.01. The molecule has 1 atom stereocenters. The molecule has 0 bridgehead atoms. The van der Waals surface area contributed by atoms with Crippen LogP contribution in [0.3, 0.4) is 0 Å². The number of nitrogens with one attached hydrogen (secondary N) is 1. The number of anilines is 1. The number of morpholine rings is 1. The van der Waals surface area contributed by atoms with Crippen molar-refractivity contribution in [3.63, 3.8) is 0 Å². The maximum atomic E-state index is 12.9. The van der Waals surface area contributed by atoms with E-state index in [9.17, 15) is 21.6 Å². The Morgan fingerprint density at radius 2 is 1.97 bits per heavy atom. The lowest BCUT2D eigenvalue weighted by atomic mass is 10.2. The van der Waals surface area contributed by atoms with Crippen LogP contribution in [0.2, 0.25) is 0 Å². The van der Waals surface area contributed by atoms with Gasteiger partial charge in [0.2, 0.25) is 26.0 Å². The second-order valence-electron chi connectivity index (χ2n) is 6.91. The minimum absolute atomic E-state index is 0.0186. The molecular weight excluding hydrogens is 422 g/mol. The van der Waals surface area contributed by atoms with Gasteiger partial charge in [-0.15, -0.1) is 0 Å². The second-order valence-corrected chi connectivity index (χ2v) is 10.6. The van der Waals surface area contributed by atoms with Gasteiger partial charge in [-0.3, -0.25) is 9.69 Å². The summed E-state index contributed by atoms with van der Waals surface area (Å²) in [6.07, 6.45) is -0.133. The zero-order valence-corrected chi connectivity index (χ0v) is 18.0. The molecule has 12 heteroatoms. The summed E-state index contributed by atoms with van der Waals surface area (Å²) in [6, 6.07) is 3.80. The first kappa shape index (κ1) is 22.0. The van der Waals surface area contributed by atoms with E-state index in [-0.39, 0.29) is 41.1 Å². The van der Waals surface area contributed by atoms with Gasteiger partial charge in [0.05, 0.1) is 31.8 Å². The number of rotatable bonds is 7. The molecule has 2 saturated heterocycles. The molecule has 2 heterocycles. The van der Waals surface area contributed by atoms with Crippen molar-refractivity contribution >= 4 is 31.6 Å². The average molecular weight is 448 g/mol. The molecule has 29 heavy (non-hydrogen) atoms. The fourth-order valence-electron chi connectivity index (χ4n) is 3.33. The molecule has 1 aromatic carbocycles. The molecule has 2 aliphatic heterocycles. The van der Waals surface area contributed by atoms with Crippen molar-refractivity contribution in [1.29, 1.82) is 0 Å². The minimum Gasteiger partial charge on any atom is -0.495 e. The van der Waals surface area contributed by atoms with Crippen LogP contribution >= 0.6 is 0 Å². The van der Waals surface area contributed by atoms with E-state index in [4.69, 9.17) is 9.47 Å². The molecule has 1 amide bonds. The molecule has 162 valence electrons. The highest BCUT2D eigenvalue weighted by Crippen LogP contribution is 2.32. The first-order valence-electron chi connectivity index (χ1n) is 9.21. The van der Waals surface area contributed by atoms with Crippen molar-refractivity contribution < 1.29 is 31.1 Å². The monoisotopic (exact) mass is 447 g/mol. The van der Waals surface area contributed by atoms with Crippen LogP contribution in [0.4, 0.5) is 5.69 Å². The maximum Gasteiger partial charge on any atom is 0.244 e. The SMILES string of the molecule is COc1ccc(N2C(=O)CCS2(=O)=O)cc1S(=O)(=O)NCC(C)N1CCOCC1. The number of methoxy groups -OCH3 is 1. The summed E-state index contributed by atoms with van der Waals surface area (Å²) < 4.78 is 63.9. The van der Waals surface area contributed by atoms with Crippen LogP contribution < -0.4 is 13.8 Å². The third kappa shape index (κ3) is 4.72. The second kappa shape index (κ2) is 8.56. The Morgan fingerprint density at radius 1 is 1.28 bits per heavy atom. The number of hydrogen-bond acceptors (Lipinski definition) is 8. The van der Waals surface area contributed by atoms with Gasteiger partial charge in [-0.05, 0) is 25.1 Å². The van der Waals surface area contributed by atoms with Crippen molar-refractivity contribution in [2.75, 3.05) is 50.0 Å². The average Bonchev–Trinajstić information content (AvgIpc) is 2.98. The van der Waals surface area contributed by atoms with Gasteiger partial charge in [0.25, 0.3) is 0 Å². The fraction of sp³-hybridized carbons (Fsp3) is 0.588.